The molecule has 6 nitrogen and oxygen atoms in total. The fourth-order valence-corrected chi connectivity index (χ4v) is 1.86. The number of carbonyl (C=O) groups is 1. The van der Waals surface area contributed by atoms with E-state index in [-0.39, 0.29) is 12.0 Å². The number of nitrogens with one attached hydrogen (secondary N) is 2. The lowest BCUT2D eigenvalue weighted by Crippen LogP contribution is -2.11. The van der Waals surface area contributed by atoms with Gasteiger partial charge in [-0.3, -0.25) is 4.79 Å². The molecule has 1 saturated carbocycles. The van der Waals surface area contributed by atoms with Crippen molar-refractivity contribution in [3.63, 3.8) is 0 Å². The van der Waals surface area contributed by atoms with Crippen LogP contribution in [-0.2, 0) is 4.79 Å². The van der Waals surface area contributed by atoms with Crippen molar-refractivity contribution in [3.05, 3.63) is 30.5 Å². The van der Waals surface area contributed by atoms with Gasteiger partial charge in [0.1, 0.15) is 11.5 Å². The Labute approximate surface area is 103 Å². The first-order valence-corrected chi connectivity index (χ1v) is 5.71. The van der Waals surface area contributed by atoms with E-state index in [2.05, 4.69) is 20.5 Å². The predicted molar refractivity (Wildman–Crippen MR) is 65.0 cm³/mol. The highest BCUT2D eigenvalue weighted by molar-refractivity contribution is 5.75. The molecule has 2 aromatic heterocycles. The van der Waals surface area contributed by atoms with Crippen LogP contribution in [0.25, 0.3) is 11.4 Å². The van der Waals surface area contributed by atoms with Crippen molar-refractivity contribution in [2.24, 2.45) is 5.92 Å². The molecule has 0 bridgehead atoms. The molecule has 0 aromatic carbocycles. The molecule has 0 aliphatic heterocycles. The zero-order valence-corrected chi connectivity index (χ0v) is 9.50. The Morgan fingerprint density at radius 2 is 2.28 bits per heavy atom. The molecule has 0 amide bonds. The molecule has 2 unspecified atom stereocenters. The highest BCUT2D eigenvalue weighted by Gasteiger charge is 2.43. The molecule has 6 heteroatoms. The van der Waals surface area contributed by atoms with Crippen molar-refractivity contribution in [1.29, 1.82) is 0 Å². The van der Waals surface area contributed by atoms with Gasteiger partial charge in [-0.1, -0.05) is 0 Å². The maximum absolute atomic E-state index is 10.7. The molecule has 1 fully saturated rings. The maximum atomic E-state index is 10.7. The van der Waals surface area contributed by atoms with Gasteiger partial charge in [-0.05, 0) is 30.7 Å². The fraction of sp³-hybridized carbons (Fsp3) is 0.250. The summed E-state index contributed by atoms with van der Waals surface area (Å²) in [5.74, 6) is -0.447. The first-order chi connectivity index (χ1) is 8.74. The fourth-order valence-electron chi connectivity index (χ4n) is 1.86. The van der Waals surface area contributed by atoms with Crippen LogP contribution in [0.1, 0.15) is 6.42 Å². The van der Waals surface area contributed by atoms with Gasteiger partial charge in [-0.25, -0.2) is 0 Å². The number of H-pyrrole nitrogens is 1. The molecule has 3 rings (SSSR count). The van der Waals surface area contributed by atoms with Gasteiger partial charge in [-0.15, -0.1) is 10.2 Å². The van der Waals surface area contributed by atoms with Crippen LogP contribution in [0.5, 0.6) is 0 Å². The number of hydrogen-bond acceptors (Lipinski definition) is 4. The van der Waals surface area contributed by atoms with E-state index in [1.807, 2.05) is 24.4 Å². The van der Waals surface area contributed by atoms with Crippen LogP contribution in [0.3, 0.4) is 0 Å². The van der Waals surface area contributed by atoms with E-state index in [4.69, 9.17) is 5.11 Å². The van der Waals surface area contributed by atoms with E-state index in [1.54, 1.807) is 6.07 Å². The average Bonchev–Trinajstić information content (AvgIpc) is 2.92. The zero-order chi connectivity index (χ0) is 12.5. The topological polar surface area (TPSA) is 90.9 Å². The summed E-state index contributed by atoms with van der Waals surface area (Å²) in [5.41, 5.74) is 1.67. The van der Waals surface area contributed by atoms with Gasteiger partial charge >= 0.3 is 5.97 Å². The van der Waals surface area contributed by atoms with E-state index < -0.39 is 5.97 Å². The number of carboxylic acid groups (broad SMARTS) is 1. The van der Waals surface area contributed by atoms with Crippen LogP contribution < -0.4 is 5.32 Å². The number of carboxylic acids is 1. The Bertz CT molecular complexity index is 550. The summed E-state index contributed by atoms with van der Waals surface area (Å²) in [5, 5.41) is 20.0. The minimum absolute atomic E-state index is 0.0202. The molecule has 2 atom stereocenters. The second-order valence-electron chi connectivity index (χ2n) is 4.32. The monoisotopic (exact) mass is 244 g/mol. The van der Waals surface area contributed by atoms with Crippen LogP contribution >= 0.6 is 0 Å². The Hall–Kier alpha value is -2.37. The third-order valence-corrected chi connectivity index (χ3v) is 2.98. The standard InChI is InChI=1S/C12H12N4O2/c17-12(18)7-6-10(7)14-11-4-3-9(15-16-11)8-2-1-5-13-8/h1-5,7,10,13H,6H2,(H,14,16)(H,17,18). The highest BCUT2D eigenvalue weighted by Crippen LogP contribution is 2.33. The number of nitrogens with zero attached hydrogens (tertiary/aromatic N) is 2. The van der Waals surface area contributed by atoms with Crippen molar-refractivity contribution in [2.45, 2.75) is 12.5 Å². The third kappa shape index (κ3) is 2.04. The molecule has 0 radical (unpaired) electrons. The quantitative estimate of drug-likeness (QED) is 0.755. The van der Waals surface area contributed by atoms with Crippen LogP contribution in [0.2, 0.25) is 0 Å². The SMILES string of the molecule is O=C(O)C1CC1Nc1ccc(-c2ccc[nH]2)nn1. The van der Waals surface area contributed by atoms with Crippen LogP contribution in [0.4, 0.5) is 5.82 Å². The smallest absolute Gasteiger partial charge is 0.308 e. The van der Waals surface area contributed by atoms with Crippen LogP contribution in [0.15, 0.2) is 30.5 Å². The Morgan fingerprint density at radius 1 is 1.39 bits per heavy atom. The molecule has 3 N–H and O–H groups in total. The normalized spacial score (nSPS) is 21.6. The van der Waals surface area contributed by atoms with Crippen molar-refractivity contribution in [3.8, 4) is 11.4 Å². The maximum Gasteiger partial charge on any atom is 0.308 e. The minimum Gasteiger partial charge on any atom is -0.481 e. The Balaban J connectivity index is 1.67. The minimum atomic E-state index is -0.761. The van der Waals surface area contributed by atoms with Crippen LogP contribution in [-0.4, -0.2) is 32.3 Å². The van der Waals surface area contributed by atoms with Gasteiger partial charge in [-0.2, -0.15) is 0 Å². The summed E-state index contributed by atoms with van der Waals surface area (Å²) >= 11 is 0. The van der Waals surface area contributed by atoms with Gasteiger partial charge in [0.2, 0.25) is 0 Å². The second kappa shape index (κ2) is 4.14. The number of aromatic nitrogens is 3. The van der Waals surface area contributed by atoms with E-state index in [9.17, 15) is 4.79 Å². The van der Waals surface area contributed by atoms with Crippen molar-refractivity contribution < 1.29 is 9.90 Å². The number of aromatic amines is 1. The summed E-state index contributed by atoms with van der Waals surface area (Å²) in [6.45, 7) is 0. The van der Waals surface area contributed by atoms with Gasteiger partial charge in [0.15, 0.2) is 0 Å². The first-order valence-electron chi connectivity index (χ1n) is 5.71. The molecule has 18 heavy (non-hydrogen) atoms. The third-order valence-electron chi connectivity index (χ3n) is 2.98. The van der Waals surface area contributed by atoms with E-state index >= 15 is 0 Å². The highest BCUT2D eigenvalue weighted by atomic mass is 16.4. The van der Waals surface area contributed by atoms with Gasteiger partial charge in [0.05, 0.1) is 11.6 Å². The first kappa shape index (κ1) is 10.8. The summed E-state index contributed by atoms with van der Waals surface area (Å²) < 4.78 is 0. The molecule has 1 aliphatic rings. The molecule has 2 heterocycles. The Morgan fingerprint density at radius 3 is 2.83 bits per heavy atom. The molecule has 0 saturated heterocycles. The summed E-state index contributed by atoms with van der Waals surface area (Å²) in [4.78, 5) is 13.7. The number of hydrogen-bond donors (Lipinski definition) is 3. The Kier molecular flexibility index (Phi) is 2.47. The predicted octanol–water partition coefficient (Wildman–Crippen LogP) is 1.36. The summed E-state index contributed by atoms with van der Waals surface area (Å²) in [7, 11) is 0. The van der Waals surface area contributed by atoms with E-state index in [0.29, 0.717) is 12.2 Å². The lowest BCUT2D eigenvalue weighted by molar-refractivity contribution is -0.138. The molecule has 92 valence electrons. The van der Waals surface area contributed by atoms with Crippen molar-refractivity contribution in [2.75, 3.05) is 5.32 Å². The van der Waals surface area contributed by atoms with E-state index in [0.717, 1.165) is 11.4 Å². The molecular formula is C12H12N4O2. The van der Waals surface area contributed by atoms with Crippen LogP contribution in [0, 0.1) is 5.92 Å². The van der Waals surface area contributed by atoms with Gasteiger partial charge < -0.3 is 15.4 Å². The lowest BCUT2D eigenvalue weighted by Gasteiger charge is -2.03. The summed E-state index contributed by atoms with van der Waals surface area (Å²) in [6, 6.07) is 7.44. The largest absolute Gasteiger partial charge is 0.481 e. The van der Waals surface area contributed by atoms with Gasteiger partial charge in [0, 0.05) is 12.2 Å². The van der Waals surface area contributed by atoms with Gasteiger partial charge in [0.25, 0.3) is 0 Å². The second-order valence-corrected chi connectivity index (χ2v) is 4.32. The summed E-state index contributed by atoms with van der Waals surface area (Å²) in [6.07, 6.45) is 2.47. The van der Waals surface area contributed by atoms with Crippen molar-refractivity contribution in [1.82, 2.24) is 15.2 Å². The van der Waals surface area contributed by atoms with Crippen molar-refractivity contribution >= 4 is 11.8 Å². The molecule has 1 aliphatic carbocycles. The average molecular weight is 244 g/mol. The lowest BCUT2D eigenvalue weighted by atomic mass is 10.3. The number of rotatable bonds is 4. The molecule has 0 spiro atoms. The number of anilines is 1. The molecule has 2 aromatic rings. The zero-order valence-electron chi connectivity index (χ0n) is 9.50. The number of aliphatic carboxylic acids is 1. The molecular weight excluding hydrogens is 232 g/mol. The van der Waals surface area contributed by atoms with E-state index in [1.165, 1.54) is 0 Å².